The number of nitrogens with zero attached hydrogens (tertiary/aromatic N) is 1. The van der Waals surface area contributed by atoms with Crippen LogP contribution < -0.4 is 5.73 Å². The van der Waals surface area contributed by atoms with Crippen LogP contribution in [0.2, 0.25) is 0 Å². The number of hydrogen-bond donors (Lipinski definition) is 2. The summed E-state index contributed by atoms with van der Waals surface area (Å²) in [5.41, 5.74) is 8.80. The molecule has 0 radical (unpaired) electrons. The van der Waals surface area contributed by atoms with E-state index in [2.05, 4.69) is 31.7 Å². The van der Waals surface area contributed by atoms with Crippen LogP contribution in [-0.4, -0.2) is 36.0 Å². The number of nitrogen functional groups attached to an aromatic ring is 1. The summed E-state index contributed by atoms with van der Waals surface area (Å²) in [6.07, 6.45) is 0.584. The second kappa shape index (κ2) is 5.72. The van der Waals surface area contributed by atoms with Gasteiger partial charge in [0, 0.05) is 25.2 Å². The standard InChI is InChI=1S/C15H23N3O/c1-10-6-13(15(16)17)4-5-14(10)9-18-7-11(2)19-12(3)8-18/h4-6,11-12H,7-9H2,1-3H3,(H3,16,17). The highest BCUT2D eigenvalue weighted by Crippen LogP contribution is 2.17. The molecule has 2 unspecified atom stereocenters. The molecule has 0 bridgehead atoms. The number of nitrogens with one attached hydrogen (secondary N) is 1. The monoisotopic (exact) mass is 261 g/mol. The first-order valence-corrected chi connectivity index (χ1v) is 6.77. The van der Waals surface area contributed by atoms with E-state index in [1.807, 2.05) is 12.1 Å². The Balaban J connectivity index is 2.08. The molecule has 2 atom stereocenters. The van der Waals surface area contributed by atoms with Gasteiger partial charge in [0.25, 0.3) is 0 Å². The van der Waals surface area contributed by atoms with Gasteiger partial charge < -0.3 is 10.5 Å². The molecule has 104 valence electrons. The predicted molar refractivity (Wildman–Crippen MR) is 77.5 cm³/mol. The maximum absolute atomic E-state index is 7.46. The molecule has 0 spiro atoms. The summed E-state index contributed by atoms with van der Waals surface area (Å²) < 4.78 is 5.75. The Morgan fingerprint density at radius 2 is 2.00 bits per heavy atom. The number of rotatable bonds is 3. The average molecular weight is 261 g/mol. The molecule has 0 aromatic heterocycles. The molecule has 2 rings (SSSR count). The van der Waals surface area contributed by atoms with Crippen molar-refractivity contribution in [3.05, 3.63) is 34.9 Å². The zero-order valence-electron chi connectivity index (χ0n) is 11.9. The zero-order chi connectivity index (χ0) is 14.0. The molecule has 19 heavy (non-hydrogen) atoms. The topological polar surface area (TPSA) is 62.3 Å². The Kier molecular flexibility index (Phi) is 4.22. The first-order valence-electron chi connectivity index (χ1n) is 6.77. The van der Waals surface area contributed by atoms with Crippen molar-refractivity contribution < 1.29 is 4.74 Å². The number of aryl methyl sites for hydroxylation is 1. The zero-order valence-corrected chi connectivity index (χ0v) is 11.9. The lowest BCUT2D eigenvalue weighted by Crippen LogP contribution is -2.44. The molecule has 1 aliphatic heterocycles. The second-order valence-electron chi connectivity index (χ2n) is 5.51. The molecule has 1 heterocycles. The van der Waals surface area contributed by atoms with E-state index in [-0.39, 0.29) is 5.84 Å². The van der Waals surface area contributed by atoms with Crippen LogP contribution in [0.3, 0.4) is 0 Å². The molecule has 1 saturated heterocycles. The molecule has 1 aromatic carbocycles. The highest BCUT2D eigenvalue weighted by molar-refractivity contribution is 5.95. The number of benzene rings is 1. The van der Waals surface area contributed by atoms with Crippen LogP contribution in [0.4, 0.5) is 0 Å². The minimum atomic E-state index is 0.128. The Morgan fingerprint density at radius 3 is 2.53 bits per heavy atom. The molecule has 4 heteroatoms. The first kappa shape index (κ1) is 14.0. The Bertz CT molecular complexity index is 462. The molecule has 1 aliphatic rings. The van der Waals surface area contributed by atoms with Crippen LogP contribution >= 0.6 is 0 Å². The number of morpholine rings is 1. The molecular formula is C15H23N3O. The summed E-state index contributed by atoms with van der Waals surface area (Å²) in [4.78, 5) is 2.43. The third-order valence-electron chi connectivity index (χ3n) is 3.54. The number of hydrogen-bond acceptors (Lipinski definition) is 3. The summed E-state index contributed by atoms with van der Waals surface area (Å²) in [5, 5.41) is 7.46. The van der Waals surface area contributed by atoms with Crippen LogP contribution in [0, 0.1) is 12.3 Å². The van der Waals surface area contributed by atoms with E-state index < -0.39 is 0 Å². The van der Waals surface area contributed by atoms with Crippen LogP contribution in [0.1, 0.15) is 30.5 Å². The van der Waals surface area contributed by atoms with Gasteiger partial charge in [-0.15, -0.1) is 0 Å². The van der Waals surface area contributed by atoms with E-state index in [9.17, 15) is 0 Å². The predicted octanol–water partition coefficient (Wildman–Crippen LogP) is 1.89. The Labute approximate surface area is 115 Å². The van der Waals surface area contributed by atoms with Crippen LogP contribution in [0.25, 0.3) is 0 Å². The van der Waals surface area contributed by atoms with Gasteiger partial charge in [0.15, 0.2) is 0 Å². The number of ether oxygens (including phenoxy) is 1. The third-order valence-corrected chi connectivity index (χ3v) is 3.54. The Morgan fingerprint density at radius 1 is 1.37 bits per heavy atom. The van der Waals surface area contributed by atoms with Crippen molar-refractivity contribution in [3.8, 4) is 0 Å². The first-order chi connectivity index (χ1) is 8.95. The summed E-state index contributed by atoms with van der Waals surface area (Å²) in [5.74, 6) is 0.128. The van der Waals surface area contributed by atoms with Gasteiger partial charge in [-0.05, 0) is 38.0 Å². The lowest BCUT2D eigenvalue weighted by Gasteiger charge is -2.35. The molecule has 0 saturated carbocycles. The fourth-order valence-electron chi connectivity index (χ4n) is 2.70. The molecular weight excluding hydrogens is 238 g/mol. The van der Waals surface area contributed by atoms with E-state index >= 15 is 0 Å². The SMILES string of the molecule is Cc1cc(C(=N)N)ccc1CN1CC(C)OC(C)C1. The number of amidine groups is 1. The van der Waals surface area contributed by atoms with E-state index in [4.69, 9.17) is 15.9 Å². The highest BCUT2D eigenvalue weighted by atomic mass is 16.5. The quantitative estimate of drug-likeness (QED) is 0.645. The fraction of sp³-hybridized carbons (Fsp3) is 0.533. The van der Waals surface area contributed by atoms with E-state index in [0.29, 0.717) is 12.2 Å². The van der Waals surface area contributed by atoms with Gasteiger partial charge >= 0.3 is 0 Å². The van der Waals surface area contributed by atoms with Crippen molar-refractivity contribution in [2.24, 2.45) is 5.73 Å². The van der Waals surface area contributed by atoms with Crippen molar-refractivity contribution in [2.75, 3.05) is 13.1 Å². The minimum Gasteiger partial charge on any atom is -0.384 e. The average Bonchev–Trinajstić information content (AvgIpc) is 2.30. The molecule has 1 aromatic rings. The van der Waals surface area contributed by atoms with E-state index in [1.54, 1.807) is 0 Å². The molecule has 0 amide bonds. The van der Waals surface area contributed by atoms with Crippen LogP contribution in [0.15, 0.2) is 18.2 Å². The van der Waals surface area contributed by atoms with Gasteiger partial charge in [0.05, 0.1) is 12.2 Å². The van der Waals surface area contributed by atoms with Crippen molar-refractivity contribution >= 4 is 5.84 Å². The van der Waals surface area contributed by atoms with Gasteiger partial charge in [0.1, 0.15) is 5.84 Å². The normalized spacial score (nSPS) is 24.4. The largest absolute Gasteiger partial charge is 0.384 e. The second-order valence-corrected chi connectivity index (χ2v) is 5.51. The van der Waals surface area contributed by atoms with Gasteiger partial charge in [-0.3, -0.25) is 10.3 Å². The van der Waals surface area contributed by atoms with E-state index in [0.717, 1.165) is 25.2 Å². The maximum atomic E-state index is 7.46. The number of nitrogens with two attached hydrogens (primary N) is 1. The highest BCUT2D eigenvalue weighted by Gasteiger charge is 2.22. The van der Waals surface area contributed by atoms with E-state index in [1.165, 1.54) is 11.1 Å². The van der Waals surface area contributed by atoms with Crippen molar-refractivity contribution in [2.45, 2.75) is 39.5 Å². The summed E-state index contributed by atoms with van der Waals surface area (Å²) in [7, 11) is 0. The maximum Gasteiger partial charge on any atom is 0.122 e. The van der Waals surface area contributed by atoms with Gasteiger partial charge in [0.2, 0.25) is 0 Å². The minimum absolute atomic E-state index is 0.128. The molecule has 3 N–H and O–H groups in total. The summed E-state index contributed by atoms with van der Waals surface area (Å²) in [6.45, 7) is 9.19. The van der Waals surface area contributed by atoms with Gasteiger partial charge in [-0.2, -0.15) is 0 Å². The Hall–Kier alpha value is -1.39. The third kappa shape index (κ3) is 3.55. The lowest BCUT2D eigenvalue weighted by molar-refractivity contribution is -0.0705. The lowest BCUT2D eigenvalue weighted by atomic mass is 10.0. The molecule has 0 aliphatic carbocycles. The van der Waals surface area contributed by atoms with Gasteiger partial charge in [-0.25, -0.2) is 0 Å². The smallest absolute Gasteiger partial charge is 0.122 e. The molecule has 1 fully saturated rings. The van der Waals surface area contributed by atoms with Gasteiger partial charge in [-0.1, -0.05) is 12.1 Å². The van der Waals surface area contributed by atoms with Crippen LogP contribution in [-0.2, 0) is 11.3 Å². The van der Waals surface area contributed by atoms with Crippen LogP contribution in [0.5, 0.6) is 0 Å². The van der Waals surface area contributed by atoms with Crippen molar-refractivity contribution in [1.29, 1.82) is 5.41 Å². The molecule has 4 nitrogen and oxygen atoms in total. The summed E-state index contributed by atoms with van der Waals surface area (Å²) >= 11 is 0. The van der Waals surface area contributed by atoms with Crippen molar-refractivity contribution in [3.63, 3.8) is 0 Å². The fourth-order valence-corrected chi connectivity index (χ4v) is 2.70. The van der Waals surface area contributed by atoms with Crippen molar-refractivity contribution in [1.82, 2.24) is 4.90 Å². The summed E-state index contributed by atoms with van der Waals surface area (Å²) in [6, 6.07) is 6.00.